The van der Waals surface area contributed by atoms with Gasteiger partial charge >= 0.3 is 12.1 Å². The number of fused-ring (bicyclic) bond motifs is 1. The molecule has 0 amide bonds. The number of carbonyl (C=O) groups is 1. The van der Waals surface area contributed by atoms with Gasteiger partial charge in [-0.25, -0.2) is 0 Å². The molecule has 0 saturated heterocycles. The molecule has 94 valence electrons. The first kappa shape index (κ1) is 12.4. The first-order valence-electron chi connectivity index (χ1n) is 5.16. The highest BCUT2D eigenvalue weighted by molar-refractivity contribution is 5.79. The molecule has 0 aromatic carbocycles. The van der Waals surface area contributed by atoms with Gasteiger partial charge in [-0.2, -0.15) is 13.2 Å². The molecule has 5 heteroatoms. The Bertz CT molecular complexity index is 561. The van der Waals surface area contributed by atoms with Crippen LogP contribution in [0.1, 0.15) is 12.5 Å². The molecule has 0 fully saturated rings. The molecule has 18 heavy (non-hydrogen) atoms. The van der Waals surface area contributed by atoms with E-state index in [1.54, 1.807) is 0 Å². The standard InChI is InChI=1S/C13H9F3O2/c1-8(17)18-12-6-5-9-7-10(13(14,15)16)3-2-4-11(9)12/h2-7H,1H3. The van der Waals surface area contributed by atoms with Gasteiger partial charge < -0.3 is 4.74 Å². The number of halogens is 3. The molecule has 0 unspecified atom stereocenters. The van der Waals surface area contributed by atoms with E-state index < -0.39 is 17.7 Å². The number of rotatable bonds is 1. The monoisotopic (exact) mass is 254 g/mol. The summed E-state index contributed by atoms with van der Waals surface area (Å²) in [6.45, 7) is 1.24. The Kier molecular flexibility index (Phi) is 2.98. The minimum Gasteiger partial charge on any atom is -0.426 e. The van der Waals surface area contributed by atoms with Crippen LogP contribution in [0.25, 0.3) is 11.1 Å². The van der Waals surface area contributed by atoms with Crippen LogP contribution < -0.4 is 4.74 Å². The van der Waals surface area contributed by atoms with Crippen molar-refractivity contribution in [3.8, 4) is 16.9 Å². The summed E-state index contributed by atoms with van der Waals surface area (Å²) in [6.07, 6.45) is -4.40. The zero-order valence-electron chi connectivity index (χ0n) is 9.41. The van der Waals surface area contributed by atoms with Gasteiger partial charge in [-0.1, -0.05) is 18.2 Å². The van der Waals surface area contributed by atoms with Gasteiger partial charge in [0.1, 0.15) is 5.75 Å². The second kappa shape index (κ2) is 4.33. The van der Waals surface area contributed by atoms with E-state index >= 15 is 0 Å². The third-order valence-electron chi connectivity index (χ3n) is 2.42. The Morgan fingerprint density at radius 3 is 2.50 bits per heavy atom. The molecule has 0 radical (unpaired) electrons. The maximum absolute atomic E-state index is 12.6. The minimum absolute atomic E-state index is 0.266. The van der Waals surface area contributed by atoms with Gasteiger partial charge in [0.2, 0.25) is 0 Å². The first-order valence-corrected chi connectivity index (χ1v) is 5.16. The van der Waals surface area contributed by atoms with Crippen molar-refractivity contribution in [1.82, 2.24) is 0 Å². The number of carbonyl (C=O) groups excluding carboxylic acids is 1. The minimum atomic E-state index is -4.40. The van der Waals surface area contributed by atoms with Crippen LogP contribution in [0.3, 0.4) is 0 Å². The van der Waals surface area contributed by atoms with Gasteiger partial charge in [-0.3, -0.25) is 4.79 Å². The van der Waals surface area contributed by atoms with Crippen molar-refractivity contribution >= 4 is 5.97 Å². The van der Waals surface area contributed by atoms with Crippen LogP contribution in [0.2, 0.25) is 0 Å². The van der Waals surface area contributed by atoms with Crippen molar-refractivity contribution in [2.24, 2.45) is 0 Å². The Balaban J connectivity index is 2.49. The average molecular weight is 254 g/mol. The lowest BCUT2D eigenvalue weighted by Gasteiger charge is -2.04. The Morgan fingerprint density at radius 1 is 1.17 bits per heavy atom. The number of esters is 1. The van der Waals surface area contributed by atoms with E-state index in [0.29, 0.717) is 11.1 Å². The van der Waals surface area contributed by atoms with Crippen LogP contribution in [0.15, 0.2) is 36.4 Å². The fraction of sp³-hybridized carbons (Fsp3) is 0.154. The summed E-state index contributed by atoms with van der Waals surface area (Å²) < 4.78 is 42.8. The summed E-state index contributed by atoms with van der Waals surface area (Å²) in [5.74, 6) is -0.244. The second-order valence-electron chi connectivity index (χ2n) is 3.78. The molecule has 2 aliphatic rings. The van der Waals surface area contributed by atoms with Crippen LogP contribution in [0.4, 0.5) is 13.2 Å². The largest absolute Gasteiger partial charge is 0.426 e. The van der Waals surface area contributed by atoms with E-state index in [1.165, 1.54) is 31.2 Å². The second-order valence-corrected chi connectivity index (χ2v) is 3.78. The third kappa shape index (κ3) is 2.45. The molecule has 2 nitrogen and oxygen atoms in total. The molecule has 0 aliphatic heterocycles. The smallest absolute Gasteiger partial charge is 0.416 e. The average Bonchev–Trinajstić information content (AvgIpc) is 2.48. The summed E-state index contributed by atoms with van der Waals surface area (Å²) in [5.41, 5.74) is 0.113. The first-order chi connectivity index (χ1) is 8.38. The Morgan fingerprint density at radius 2 is 1.89 bits per heavy atom. The highest BCUT2D eigenvalue weighted by Crippen LogP contribution is 2.37. The number of alkyl halides is 3. The predicted octanol–water partition coefficient (Wildman–Crippen LogP) is 3.74. The maximum Gasteiger partial charge on any atom is 0.416 e. The van der Waals surface area contributed by atoms with Crippen molar-refractivity contribution in [2.45, 2.75) is 13.1 Å². The van der Waals surface area contributed by atoms with Crippen LogP contribution in [0.5, 0.6) is 5.75 Å². The van der Waals surface area contributed by atoms with Crippen molar-refractivity contribution in [1.29, 1.82) is 0 Å². The van der Waals surface area contributed by atoms with E-state index in [-0.39, 0.29) is 5.75 Å². The quantitative estimate of drug-likeness (QED) is 0.725. The number of hydrogen-bond acceptors (Lipinski definition) is 2. The van der Waals surface area contributed by atoms with E-state index in [0.717, 1.165) is 12.1 Å². The van der Waals surface area contributed by atoms with Crippen LogP contribution >= 0.6 is 0 Å². The molecular formula is C13H9F3O2. The van der Waals surface area contributed by atoms with E-state index in [4.69, 9.17) is 4.74 Å². The summed E-state index contributed by atoms with van der Waals surface area (Å²) in [4.78, 5) is 10.9. The summed E-state index contributed by atoms with van der Waals surface area (Å²) >= 11 is 0. The van der Waals surface area contributed by atoms with Crippen molar-refractivity contribution in [3.05, 3.63) is 42.0 Å². The van der Waals surface area contributed by atoms with Gasteiger partial charge in [-0.05, 0) is 23.8 Å². The fourth-order valence-electron chi connectivity index (χ4n) is 1.68. The van der Waals surface area contributed by atoms with Gasteiger partial charge in [-0.15, -0.1) is 0 Å². The summed E-state index contributed by atoms with van der Waals surface area (Å²) in [6, 6.07) is 7.76. The molecule has 0 saturated carbocycles. The number of hydrogen-bond donors (Lipinski definition) is 0. The van der Waals surface area contributed by atoms with Crippen LogP contribution in [0, 0.1) is 0 Å². The lowest BCUT2D eigenvalue weighted by atomic mass is 10.1. The summed E-state index contributed by atoms with van der Waals surface area (Å²) in [7, 11) is 0. The molecule has 0 aromatic rings. The molecular weight excluding hydrogens is 245 g/mol. The molecule has 0 bridgehead atoms. The molecule has 2 aliphatic carbocycles. The predicted molar refractivity (Wildman–Crippen MR) is 59.4 cm³/mol. The SMILES string of the molecule is CC(=O)Oc1ccc2cc(C(F)(F)F)cccc1-2. The van der Waals surface area contributed by atoms with E-state index in [9.17, 15) is 18.0 Å². The topological polar surface area (TPSA) is 26.3 Å². The molecule has 0 N–H and O–H groups in total. The highest BCUT2D eigenvalue weighted by Gasteiger charge is 2.30. The Hall–Kier alpha value is -2.04. The third-order valence-corrected chi connectivity index (χ3v) is 2.42. The van der Waals surface area contributed by atoms with Crippen LogP contribution in [-0.4, -0.2) is 5.97 Å². The van der Waals surface area contributed by atoms with Gasteiger partial charge in [0.25, 0.3) is 0 Å². The zero-order valence-corrected chi connectivity index (χ0v) is 9.41. The van der Waals surface area contributed by atoms with Gasteiger partial charge in [0.05, 0.1) is 5.56 Å². The summed E-state index contributed by atoms with van der Waals surface area (Å²) in [5, 5.41) is 0. The van der Waals surface area contributed by atoms with Gasteiger partial charge in [0.15, 0.2) is 0 Å². The number of ether oxygens (including phenoxy) is 1. The van der Waals surface area contributed by atoms with E-state index in [1.807, 2.05) is 0 Å². The fourth-order valence-corrected chi connectivity index (χ4v) is 1.68. The van der Waals surface area contributed by atoms with Crippen LogP contribution in [-0.2, 0) is 11.0 Å². The normalized spacial score (nSPS) is 11.6. The molecule has 0 spiro atoms. The molecule has 0 atom stereocenters. The Labute approximate surface area is 101 Å². The molecule has 0 aromatic heterocycles. The van der Waals surface area contributed by atoms with Gasteiger partial charge in [0, 0.05) is 12.5 Å². The van der Waals surface area contributed by atoms with Crippen molar-refractivity contribution in [2.75, 3.05) is 0 Å². The lowest BCUT2D eigenvalue weighted by Crippen LogP contribution is -2.03. The maximum atomic E-state index is 12.6. The van der Waals surface area contributed by atoms with E-state index in [2.05, 4.69) is 0 Å². The van der Waals surface area contributed by atoms with Crippen molar-refractivity contribution < 1.29 is 22.7 Å². The zero-order chi connectivity index (χ0) is 13.3. The highest BCUT2D eigenvalue weighted by atomic mass is 19.4. The molecule has 0 heterocycles. The van der Waals surface area contributed by atoms with Crippen molar-refractivity contribution in [3.63, 3.8) is 0 Å². The molecule has 2 rings (SSSR count). The lowest BCUT2D eigenvalue weighted by molar-refractivity contribution is -0.137.